The Morgan fingerprint density at radius 3 is 3.07 bits per heavy atom. The van der Waals surface area contributed by atoms with Gasteiger partial charge in [0.15, 0.2) is 0 Å². The molecule has 2 heteroatoms. The Balaban J connectivity index is 2.28. The summed E-state index contributed by atoms with van der Waals surface area (Å²) < 4.78 is 0. The third-order valence-electron chi connectivity index (χ3n) is 2.43. The Labute approximate surface area is 90.9 Å². The van der Waals surface area contributed by atoms with Crippen molar-refractivity contribution in [2.45, 2.75) is 31.7 Å². The van der Waals surface area contributed by atoms with Crippen LogP contribution in [0.5, 0.6) is 0 Å². The lowest BCUT2D eigenvalue weighted by Crippen LogP contribution is -2.27. The molecule has 0 amide bonds. The van der Waals surface area contributed by atoms with Crippen molar-refractivity contribution in [1.29, 1.82) is 0 Å². The second-order valence-electron chi connectivity index (χ2n) is 3.54. The van der Waals surface area contributed by atoms with Crippen LogP contribution < -0.4 is 5.32 Å². The number of allylic oxidation sites excluding steroid dienone is 1. The molecule has 1 aromatic rings. The lowest BCUT2D eigenvalue weighted by atomic mass is 10.0. The van der Waals surface area contributed by atoms with Gasteiger partial charge < -0.3 is 5.32 Å². The first kappa shape index (κ1) is 11.5. The van der Waals surface area contributed by atoms with Gasteiger partial charge in [-0.1, -0.05) is 6.08 Å². The summed E-state index contributed by atoms with van der Waals surface area (Å²) in [5.41, 5.74) is 1.45. The molecule has 0 bridgehead atoms. The Morgan fingerprint density at radius 1 is 1.64 bits per heavy atom. The van der Waals surface area contributed by atoms with Crippen LogP contribution in [0.3, 0.4) is 0 Å². The zero-order chi connectivity index (χ0) is 10.2. The minimum atomic E-state index is 0.615. The largest absolute Gasteiger partial charge is 0.317 e. The third kappa shape index (κ3) is 4.07. The molecule has 78 valence electrons. The van der Waals surface area contributed by atoms with E-state index in [1.807, 2.05) is 13.1 Å². The molecule has 0 radical (unpaired) electrons. The molecule has 0 aliphatic carbocycles. The Morgan fingerprint density at radius 2 is 2.50 bits per heavy atom. The van der Waals surface area contributed by atoms with Gasteiger partial charge in [0.25, 0.3) is 0 Å². The van der Waals surface area contributed by atoms with Crippen molar-refractivity contribution >= 4 is 11.3 Å². The van der Waals surface area contributed by atoms with Gasteiger partial charge in [0.2, 0.25) is 0 Å². The van der Waals surface area contributed by atoms with Crippen LogP contribution in [-0.2, 0) is 6.42 Å². The van der Waals surface area contributed by atoms with Crippen molar-refractivity contribution in [2.24, 2.45) is 0 Å². The van der Waals surface area contributed by atoms with Gasteiger partial charge in [-0.15, -0.1) is 6.58 Å². The third-order valence-corrected chi connectivity index (χ3v) is 3.16. The van der Waals surface area contributed by atoms with E-state index in [1.54, 1.807) is 11.3 Å². The van der Waals surface area contributed by atoms with Gasteiger partial charge in [-0.05, 0) is 55.1 Å². The SMILES string of the molecule is C=CCCCC(Cc1ccsc1)NC. The van der Waals surface area contributed by atoms with Crippen LogP contribution in [0.15, 0.2) is 29.5 Å². The van der Waals surface area contributed by atoms with Gasteiger partial charge in [-0.2, -0.15) is 11.3 Å². The molecule has 1 heterocycles. The number of hydrogen-bond acceptors (Lipinski definition) is 2. The zero-order valence-electron chi connectivity index (χ0n) is 8.83. The van der Waals surface area contributed by atoms with Gasteiger partial charge in [0.1, 0.15) is 0 Å². The Hall–Kier alpha value is -0.600. The standard InChI is InChI=1S/C12H19NS/c1-3-4-5-6-12(13-2)9-11-7-8-14-10-11/h3,7-8,10,12-13H,1,4-6,9H2,2H3. The number of likely N-dealkylation sites (N-methyl/N-ethyl adjacent to an activating group) is 1. The Kier molecular flexibility index (Phi) is 5.57. The minimum Gasteiger partial charge on any atom is -0.317 e. The molecule has 0 aliphatic heterocycles. The van der Waals surface area contributed by atoms with Crippen LogP contribution in [0, 0.1) is 0 Å². The summed E-state index contributed by atoms with van der Waals surface area (Å²) in [4.78, 5) is 0. The maximum absolute atomic E-state index is 3.74. The van der Waals surface area contributed by atoms with E-state index in [2.05, 4.69) is 28.7 Å². The summed E-state index contributed by atoms with van der Waals surface area (Å²) in [6.07, 6.45) is 6.74. The van der Waals surface area contributed by atoms with Crippen molar-refractivity contribution in [2.75, 3.05) is 7.05 Å². The molecule has 1 rings (SSSR count). The maximum atomic E-state index is 3.74. The fourth-order valence-electron chi connectivity index (χ4n) is 1.55. The van der Waals surface area contributed by atoms with Crippen molar-refractivity contribution < 1.29 is 0 Å². The van der Waals surface area contributed by atoms with Crippen molar-refractivity contribution in [3.63, 3.8) is 0 Å². The van der Waals surface area contributed by atoms with E-state index in [0.29, 0.717) is 6.04 Å². The number of thiophene rings is 1. The average molecular weight is 209 g/mol. The molecule has 1 aromatic heterocycles. The average Bonchev–Trinajstić information content (AvgIpc) is 2.69. The first-order valence-corrected chi connectivity index (χ1v) is 6.10. The molecule has 0 aromatic carbocycles. The van der Waals surface area contributed by atoms with Gasteiger partial charge in [-0.25, -0.2) is 0 Å². The lowest BCUT2D eigenvalue weighted by Gasteiger charge is -2.14. The number of nitrogens with one attached hydrogen (secondary N) is 1. The molecule has 0 spiro atoms. The maximum Gasteiger partial charge on any atom is 0.0105 e. The highest BCUT2D eigenvalue weighted by Gasteiger charge is 2.06. The highest BCUT2D eigenvalue weighted by atomic mass is 32.1. The highest BCUT2D eigenvalue weighted by molar-refractivity contribution is 7.07. The van der Waals surface area contributed by atoms with Crippen LogP contribution >= 0.6 is 11.3 Å². The molecule has 1 atom stereocenters. The molecule has 0 saturated carbocycles. The van der Waals surface area contributed by atoms with Gasteiger partial charge in [0.05, 0.1) is 0 Å². The minimum absolute atomic E-state index is 0.615. The van der Waals surface area contributed by atoms with Crippen molar-refractivity contribution in [3.05, 3.63) is 35.0 Å². The smallest absolute Gasteiger partial charge is 0.0105 e. The summed E-state index contributed by atoms with van der Waals surface area (Å²) in [5, 5.41) is 7.75. The molecule has 1 N–H and O–H groups in total. The molecule has 1 nitrogen and oxygen atoms in total. The van der Waals surface area contributed by atoms with Gasteiger partial charge in [-0.3, -0.25) is 0 Å². The van der Waals surface area contributed by atoms with Crippen LogP contribution in [0.4, 0.5) is 0 Å². The fourth-order valence-corrected chi connectivity index (χ4v) is 2.23. The predicted octanol–water partition coefficient (Wildman–Crippen LogP) is 3.23. The molecule has 14 heavy (non-hydrogen) atoms. The first-order chi connectivity index (χ1) is 6.86. The number of hydrogen-bond donors (Lipinski definition) is 1. The summed E-state index contributed by atoms with van der Waals surface area (Å²) in [6.45, 7) is 3.74. The lowest BCUT2D eigenvalue weighted by molar-refractivity contribution is 0.505. The second kappa shape index (κ2) is 6.80. The van der Waals surface area contributed by atoms with E-state index in [0.717, 1.165) is 12.8 Å². The van der Waals surface area contributed by atoms with E-state index >= 15 is 0 Å². The molecular formula is C12H19NS. The quantitative estimate of drug-likeness (QED) is 0.537. The fraction of sp³-hybridized carbons (Fsp3) is 0.500. The monoisotopic (exact) mass is 209 g/mol. The van der Waals surface area contributed by atoms with Crippen LogP contribution in [0.1, 0.15) is 24.8 Å². The summed E-state index contributed by atoms with van der Waals surface area (Å²) in [6, 6.07) is 2.83. The Bertz CT molecular complexity index is 241. The molecule has 1 unspecified atom stereocenters. The van der Waals surface area contributed by atoms with Crippen LogP contribution in [0.2, 0.25) is 0 Å². The first-order valence-electron chi connectivity index (χ1n) is 5.16. The van der Waals surface area contributed by atoms with Crippen molar-refractivity contribution in [3.8, 4) is 0 Å². The van der Waals surface area contributed by atoms with E-state index in [9.17, 15) is 0 Å². The van der Waals surface area contributed by atoms with Crippen LogP contribution in [-0.4, -0.2) is 13.1 Å². The number of rotatable bonds is 7. The predicted molar refractivity (Wildman–Crippen MR) is 64.9 cm³/mol. The molecule has 0 saturated heterocycles. The van der Waals surface area contributed by atoms with E-state index < -0.39 is 0 Å². The van der Waals surface area contributed by atoms with Gasteiger partial charge in [0, 0.05) is 6.04 Å². The van der Waals surface area contributed by atoms with E-state index in [4.69, 9.17) is 0 Å². The topological polar surface area (TPSA) is 12.0 Å². The van der Waals surface area contributed by atoms with E-state index in [-0.39, 0.29) is 0 Å². The van der Waals surface area contributed by atoms with Gasteiger partial charge >= 0.3 is 0 Å². The molecule has 0 aliphatic rings. The second-order valence-corrected chi connectivity index (χ2v) is 4.32. The summed E-state index contributed by atoms with van der Waals surface area (Å²) in [5.74, 6) is 0. The van der Waals surface area contributed by atoms with Crippen LogP contribution in [0.25, 0.3) is 0 Å². The normalized spacial score (nSPS) is 12.6. The highest BCUT2D eigenvalue weighted by Crippen LogP contribution is 2.11. The number of unbranched alkanes of at least 4 members (excludes halogenated alkanes) is 1. The zero-order valence-corrected chi connectivity index (χ0v) is 9.65. The molecular weight excluding hydrogens is 190 g/mol. The summed E-state index contributed by atoms with van der Waals surface area (Å²) in [7, 11) is 2.05. The summed E-state index contributed by atoms with van der Waals surface area (Å²) >= 11 is 1.78. The molecule has 0 fully saturated rings. The van der Waals surface area contributed by atoms with E-state index in [1.165, 1.54) is 18.4 Å². The van der Waals surface area contributed by atoms with Crippen molar-refractivity contribution in [1.82, 2.24) is 5.32 Å².